The summed E-state index contributed by atoms with van der Waals surface area (Å²) in [4.78, 5) is 2.54. The molecule has 1 aromatic heterocycles. The van der Waals surface area contributed by atoms with Gasteiger partial charge in [-0.3, -0.25) is 0 Å². The van der Waals surface area contributed by atoms with Gasteiger partial charge in [-0.15, -0.1) is 11.3 Å². The molecule has 2 unspecified atom stereocenters. The van der Waals surface area contributed by atoms with Crippen molar-refractivity contribution in [2.24, 2.45) is 23.2 Å². The van der Waals surface area contributed by atoms with Gasteiger partial charge in [-0.1, -0.05) is 146 Å². The topological polar surface area (TPSA) is 3.24 Å². The van der Waals surface area contributed by atoms with Crippen LogP contribution < -0.4 is 4.90 Å². The van der Waals surface area contributed by atoms with Crippen molar-refractivity contribution in [2.45, 2.75) is 36.5 Å². The molecule has 5 aliphatic rings. The van der Waals surface area contributed by atoms with Crippen LogP contribution in [0.3, 0.4) is 0 Å². The quantitative estimate of drug-likeness (QED) is 0.156. The Balaban J connectivity index is 0.939. The van der Waals surface area contributed by atoms with E-state index in [0.29, 0.717) is 10.8 Å². The number of anilines is 3. The Morgan fingerprint density at radius 2 is 1.10 bits per heavy atom. The summed E-state index contributed by atoms with van der Waals surface area (Å²) in [6.45, 7) is 0. The number of nitrogens with zero attached hydrogens (tertiary/aromatic N) is 1. The number of thiophene rings is 1. The van der Waals surface area contributed by atoms with Gasteiger partial charge in [0.1, 0.15) is 0 Å². The minimum atomic E-state index is -0.440. The molecule has 0 saturated heterocycles. The van der Waals surface area contributed by atoms with Gasteiger partial charge in [0.2, 0.25) is 0 Å². The summed E-state index contributed by atoms with van der Waals surface area (Å²) >= 11 is 1.89. The van der Waals surface area contributed by atoms with E-state index >= 15 is 0 Å². The van der Waals surface area contributed by atoms with Gasteiger partial charge in [0, 0.05) is 37.0 Å². The summed E-state index contributed by atoms with van der Waals surface area (Å²) < 4.78 is 2.65. The van der Waals surface area contributed by atoms with Crippen molar-refractivity contribution in [1.29, 1.82) is 0 Å². The summed E-state index contributed by atoms with van der Waals surface area (Å²) in [6.07, 6.45) is 5.81. The molecule has 60 heavy (non-hydrogen) atoms. The van der Waals surface area contributed by atoms with Crippen molar-refractivity contribution in [1.82, 2.24) is 0 Å². The van der Waals surface area contributed by atoms with E-state index in [1.54, 1.807) is 5.56 Å². The number of rotatable bonds is 7. The molecule has 0 radical (unpaired) electrons. The lowest BCUT2D eigenvalue weighted by atomic mass is 9.12. The molecule has 2 atom stereocenters. The van der Waals surface area contributed by atoms with Crippen molar-refractivity contribution < 1.29 is 0 Å². The van der Waals surface area contributed by atoms with Gasteiger partial charge in [-0.2, -0.15) is 0 Å². The molecular formula is C58H43NS. The van der Waals surface area contributed by atoms with E-state index in [9.17, 15) is 0 Å². The molecule has 4 saturated carbocycles. The Morgan fingerprint density at radius 1 is 0.450 bits per heavy atom. The minimum absolute atomic E-state index is 0.440. The first-order chi connectivity index (χ1) is 29.7. The maximum Gasteiger partial charge on any atom is 0.0713 e. The van der Waals surface area contributed by atoms with E-state index in [0.717, 1.165) is 17.8 Å². The van der Waals surface area contributed by atoms with Crippen LogP contribution in [0.1, 0.15) is 53.5 Å². The molecule has 14 rings (SSSR count). The lowest BCUT2D eigenvalue weighted by Gasteiger charge is -2.91. The SMILES string of the molecule is c1ccc(C2(c3ccccc3)c3ccccc3-c3ccc(-c4cccc(N(c5ccc(C67CC8CC9CC(C6)C987)cc5)c5cccc6sc7ccccc7c56)c4)cc32)cc1. The molecule has 5 aliphatic carbocycles. The fourth-order valence-corrected chi connectivity index (χ4v) is 15.3. The molecule has 1 heterocycles. The molecule has 2 heteroatoms. The molecular weight excluding hydrogens is 743 g/mol. The monoisotopic (exact) mass is 785 g/mol. The third kappa shape index (κ3) is 4.04. The van der Waals surface area contributed by atoms with Crippen LogP contribution in [0.4, 0.5) is 17.1 Å². The molecule has 0 bridgehead atoms. The number of benzene rings is 8. The van der Waals surface area contributed by atoms with E-state index < -0.39 is 5.41 Å². The van der Waals surface area contributed by atoms with E-state index in [1.165, 1.54) is 107 Å². The molecule has 4 fully saturated rings. The standard InChI is InChI=1S/C58H43NS/c1-3-14-40(15-4-1)57(41-16-5-2-6-17-41)50-21-9-7-19-47(50)48-30-25-38(32-51(48)57)37-13-11-18-46(31-37)59(52-22-12-24-54-55(52)49-20-8-10-23-53(49)60-54)45-28-26-39(27-29-45)56-35-43-33-42-34-44(36-56)58(42,43)56/h1-32,42-44H,33-36H2. The molecule has 0 N–H and O–H groups in total. The van der Waals surface area contributed by atoms with Crippen LogP contribution in [-0.2, 0) is 10.8 Å². The second-order valence-corrected chi connectivity index (χ2v) is 19.5. The first-order valence-corrected chi connectivity index (χ1v) is 22.8. The molecule has 9 aromatic rings. The summed E-state index contributed by atoms with van der Waals surface area (Å²) in [6, 6.07) is 73.5. The zero-order chi connectivity index (χ0) is 39.2. The van der Waals surface area contributed by atoms with E-state index in [4.69, 9.17) is 0 Å². The fourth-order valence-electron chi connectivity index (χ4n) is 14.2. The highest BCUT2D eigenvalue weighted by Gasteiger charge is 2.87. The average molecular weight is 786 g/mol. The van der Waals surface area contributed by atoms with Crippen LogP contribution in [0.25, 0.3) is 42.4 Å². The molecule has 286 valence electrons. The summed E-state index contributed by atoms with van der Waals surface area (Å²) in [5.74, 6) is 2.99. The predicted octanol–water partition coefficient (Wildman–Crippen LogP) is 15.2. The first-order valence-electron chi connectivity index (χ1n) is 22.0. The maximum atomic E-state index is 2.54. The van der Waals surface area contributed by atoms with Gasteiger partial charge < -0.3 is 4.90 Å². The van der Waals surface area contributed by atoms with Gasteiger partial charge in [-0.25, -0.2) is 0 Å². The van der Waals surface area contributed by atoms with Crippen LogP contribution in [0, 0.1) is 23.2 Å². The van der Waals surface area contributed by atoms with Crippen LogP contribution in [0.15, 0.2) is 194 Å². The van der Waals surface area contributed by atoms with Crippen LogP contribution in [-0.4, -0.2) is 0 Å². The Labute approximate surface area is 355 Å². The van der Waals surface area contributed by atoms with E-state index in [-0.39, 0.29) is 0 Å². The Hall–Kier alpha value is -6.22. The van der Waals surface area contributed by atoms with Gasteiger partial charge in [0.05, 0.1) is 11.1 Å². The first kappa shape index (κ1) is 33.6. The lowest BCUT2D eigenvalue weighted by Crippen LogP contribution is -2.87. The maximum absolute atomic E-state index is 2.54. The summed E-state index contributed by atoms with van der Waals surface area (Å²) in [5.41, 5.74) is 16.2. The van der Waals surface area contributed by atoms with Crippen LogP contribution in [0.5, 0.6) is 0 Å². The largest absolute Gasteiger partial charge is 0.310 e. The molecule has 8 aromatic carbocycles. The molecule has 1 spiro atoms. The fraction of sp³-hybridized carbons (Fsp3) is 0.172. The van der Waals surface area contributed by atoms with Crippen LogP contribution in [0.2, 0.25) is 0 Å². The van der Waals surface area contributed by atoms with Crippen molar-refractivity contribution in [2.75, 3.05) is 4.90 Å². The zero-order valence-electron chi connectivity index (χ0n) is 33.4. The van der Waals surface area contributed by atoms with E-state index in [1.807, 2.05) is 11.3 Å². The van der Waals surface area contributed by atoms with E-state index in [2.05, 4.69) is 199 Å². The normalized spacial score (nSPS) is 24.5. The second kappa shape index (κ2) is 12.0. The molecule has 0 aliphatic heterocycles. The smallest absolute Gasteiger partial charge is 0.0713 e. The lowest BCUT2D eigenvalue weighted by molar-refractivity contribution is -0.395. The van der Waals surface area contributed by atoms with Gasteiger partial charge >= 0.3 is 0 Å². The zero-order valence-corrected chi connectivity index (χ0v) is 34.2. The third-order valence-electron chi connectivity index (χ3n) is 16.4. The average Bonchev–Trinajstić information content (AvgIpc) is 3.81. The number of hydrogen-bond acceptors (Lipinski definition) is 2. The van der Waals surface area contributed by atoms with Gasteiger partial charge in [0.25, 0.3) is 0 Å². The summed E-state index contributed by atoms with van der Waals surface area (Å²) in [5, 5.41) is 2.65. The summed E-state index contributed by atoms with van der Waals surface area (Å²) in [7, 11) is 0. The van der Waals surface area contributed by atoms with Crippen molar-refractivity contribution in [3.63, 3.8) is 0 Å². The third-order valence-corrected chi connectivity index (χ3v) is 17.5. The van der Waals surface area contributed by atoms with Crippen molar-refractivity contribution in [3.05, 3.63) is 222 Å². The number of hydrogen-bond donors (Lipinski definition) is 0. The van der Waals surface area contributed by atoms with Crippen molar-refractivity contribution >= 4 is 48.6 Å². The van der Waals surface area contributed by atoms with Crippen LogP contribution >= 0.6 is 11.3 Å². The Kier molecular flexibility index (Phi) is 6.70. The van der Waals surface area contributed by atoms with Crippen molar-refractivity contribution in [3.8, 4) is 22.3 Å². The minimum Gasteiger partial charge on any atom is -0.310 e. The number of fused-ring (bicyclic) bond motifs is 6. The second-order valence-electron chi connectivity index (χ2n) is 18.5. The Morgan fingerprint density at radius 3 is 1.85 bits per heavy atom. The predicted molar refractivity (Wildman–Crippen MR) is 250 cm³/mol. The Bertz CT molecular complexity index is 3130. The molecule has 0 amide bonds. The highest BCUT2D eigenvalue weighted by Crippen LogP contribution is 2.92. The molecule has 1 nitrogen and oxygen atoms in total. The van der Waals surface area contributed by atoms with Gasteiger partial charge in [0.15, 0.2) is 0 Å². The highest BCUT2D eigenvalue weighted by molar-refractivity contribution is 7.26. The van der Waals surface area contributed by atoms with Gasteiger partial charge in [-0.05, 0) is 147 Å². The highest BCUT2D eigenvalue weighted by atomic mass is 32.1.